The fraction of sp³-hybridized carbons (Fsp3) is 1.00. The second kappa shape index (κ2) is 4.43. The summed E-state index contributed by atoms with van der Waals surface area (Å²) in [5, 5.41) is 9.79. The molecule has 0 aromatic heterocycles. The van der Waals surface area contributed by atoms with E-state index in [9.17, 15) is 5.11 Å². The molecule has 1 unspecified atom stereocenters. The highest BCUT2D eigenvalue weighted by Gasteiger charge is 2.25. The normalized spacial score (nSPS) is 15.9. The second-order valence-corrected chi connectivity index (χ2v) is 5.38. The second-order valence-electron chi connectivity index (χ2n) is 5.38. The van der Waals surface area contributed by atoms with Crippen molar-refractivity contribution in [2.24, 2.45) is 5.41 Å². The third-order valence-electron chi connectivity index (χ3n) is 2.57. The fourth-order valence-corrected chi connectivity index (χ4v) is 1.02. The summed E-state index contributed by atoms with van der Waals surface area (Å²) in [6.07, 6.45) is 1.44. The summed E-state index contributed by atoms with van der Waals surface area (Å²) >= 11 is 0. The van der Waals surface area contributed by atoms with E-state index in [1.54, 1.807) is 7.11 Å². The van der Waals surface area contributed by atoms with Crippen molar-refractivity contribution >= 4 is 0 Å². The molecule has 0 rings (SSSR count). The van der Waals surface area contributed by atoms with Gasteiger partial charge in [0.25, 0.3) is 0 Å². The average Bonchev–Trinajstić information content (AvgIpc) is 1.98. The first-order valence-electron chi connectivity index (χ1n) is 4.92. The van der Waals surface area contributed by atoms with Crippen LogP contribution < -0.4 is 0 Å². The van der Waals surface area contributed by atoms with Crippen LogP contribution in [0, 0.1) is 5.41 Å². The Morgan fingerprint density at radius 1 is 1.15 bits per heavy atom. The van der Waals surface area contributed by atoms with Gasteiger partial charge < -0.3 is 9.84 Å². The maximum atomic E-state index is 9.79. The zero-order valence-electron chi connectivity index (χ0n) is 9.85. The van der Waals surface area contributed by atoms with Gasteiger partial charge >= 0.3 is 0 Å². The van der Waals surface area contributed by atoms with Crippen LogP contribution in [-0.2, 0) is 4.74 Å². The van der Waals surface area contributed by atoms with Crippen LogP contribution in [0.25, 0.3) is 0 Å². The van der Waals surface area contributed by atoms with Gasteiger partial charge in [0.15, 0.2) is 0 Å². The molecular weight excluding hydrogens is 164 g/mol. The molecule has 2 heteroatoms. The molecule has 0 aliphatic carbocycles. The van der Waals surface area contributed by atoms with Gasteiger partial charge in [-0.3, -0.25) is 0 Å². The van der Waals surface area contributed by atoms with Crippen molar-refractivity contribution in [2.45, 2.75) is 59.2 Å². The maximum Gasteiger partial charge on any atom is 0.0623 e. The van der Waals surface area contributed by atoms with Gasteiger partial charge in [-0.25, -0.2) is 0 Å². The van der Waals surface area contributed by atoms with Crippen molar-refractivity contribution < 1.29 is 9.84 Å². The lowest BCUT2D eigenvalue weighted by Crippen LogP contribution is -2.30. The molecule has 0 aromatic rings. The Hall–Kier alpha value is -0.0800. The molecule has 0 saturated carbocycles. The van der Waals surface area contributed by atoms with Crippen LogP contribution in [0.15, 0.2) is 0 Å². The summed E-state index contributed by atoms with van der Waals surface area (Å²) in [7, 11) is 1.71. The molecule has 0 aromatic carbocycles. The van der Waals surface area contributed by atoms with Crippen LogP contribution in [-0.4, -0.2) is 23.9 Å². The van der Waals surface area contributed by atoms with Crippen molar-refractivity contribution in [3.8, 4) is 0 Å². The molecule has 0 aliphatic rings. The van der Waals surface area contributed by atoms with E-state index >= 15 is 0 Å². The third-order valence-corrected chi connectivity index (χ3v) is 2.57. The number of aliphatic hydroxyl groups excluding tert-OH is 1. The van der Waals surface area contributed by atoms with Gasteiger partial charge in [-0.05, 0) is 32.1 Å². The van der Waals surface area contributed by atoms with Crippen molar-refractivity contribution in [3.05, 3.63) is 0 Å². The molecule has 0 saturated heterocycles. The van der Waals surface area contributed by atoms with Gasteiger partial charge in [-0.15, -0.1) is 0 Å². The average molecular weight is 188 g/mol. The van der Waals surface area contributed by atoms with Crippen molar-refractivity contribution in [2.75, 3.05) is 7.11 Å². The van der Waals surface area contributed by atoms with Gasteiger partial charge in [0.1, 0.15) is 0 Å². The lowest BCUT2D eigenvalue weighted by molar-refractivity contribution is -0.0132. The van der Waals surface area contributed by atoms with Crippen molar-refractivity contribution in [1.82, 2.24) is 0 Å². The zero-order valence-corrected chi connectivity index (χ0v) is 9.85. The first-order chi connectivity index (χ1) is 5.69. The van der Waals surface area contributed by atoms with Crippen LogP contribution >= 0.6 is 0 Å². The molecule has 13 heavy (non-hydrogen) atoms. The van der Waals surface area contributed by atoms with Crippen LogP contribution in [0.3, 0.4) is 0 Å². The predicted molar refractivity (Wildman–Crippen MR) is 55.8 cm³/mol. The van der Waals surface area contributed by atoms with Gasteiger partial charge in [0.05, 0.1) is 11.7 Å². The maximum absolute atomic E-state index is 9.79. The fourth-order valence-electron chi connectivity index (χ4n) is 1.02. The lowest BCUT2D eigenvalue weighted by atomic mass is 9.84. The molecule has 0 bridgehead atoms. The Balaban J connectivity index is 3.90. The van der Waals surface area contributed by atoms with Gasteiger partial charge in [0.2, 0.25) is 0 Å². The molecule has 80 valence electrons. The van der Waals surface area contributed by atoms with Crippen LogP contribution in [0.4, 0.5) is 0 Å². The lowest BCUT2D eigenvalue weighted by Gasteiger charge is -2.29. The Bertz CT molecular complexity index is 145. The van der Waals surface area contributed by atoms with E-state index in [2.05, 4.69) is 20.8 Å². The number of methoxy groups -OCH3 is 1. The Morgan fingerprint density at radius 3 is 1.92 bits per heavy atom. The molecule has 0 spiro atoms. The number of hydrogen-bond acceptors (Lipinski definition) is 2. The number of aliphatic hydroxyl groups is 1. The molecule has 0 fully saturated rings. The smallest absolute Gasteiger partial charge is 0.0623 e. The molecule has 2 nitrogen and oxygen atoms in total. The highest BCUT2D eigenvalue weighted by atomic mass is 16.5. The quantitative estimate of drug-likeness (QED) is 0.735. The minimum Gasteiger partial charge on any atom is -0.393 e. The monoisotopic (exact) mass is 188 g/mol. The van der Waals surface area contributed by atoms with E-state index in [0.717, 1.165) is 12.8 Å². The van der Waals surface area contributed by atoms with E-state index < -0.39 is 0 Å². The predicted octanol–water partition coefficient (Wildman–Crippen LogP) is 2.60. The first-order valence-corrected chi connectivity index (χ1v) is 4.92. The third kappa shape index (κ3) is 5.27. The van der Waals surface area contributed by atoms with E-state index in [0.29, 0.717) is 0 Å². The summed E-state index contributed by atoms with van der Waals surface area (Å²) in [5.74, 6) is 0. The van der Waals surface area contributed by atoms with Crippen molar-refractivity contribution in [1.29, 1.82) is 0 Å². The highest BCUT2D eigenvalue weighted by Crippen LogP contribution is 2.26. The standard InChI is InChI=1S/C11H24O2/c1-10(2,3)9(12)7-8-11(4,5)13-6/h9,12H,7-8H2,1-6H3. The minimum absolute atomic E-state index is 0.0240. The van der Waals surface area contributed by atoms with Crippen molar-refractivity contribution in [3.63, 3.8) is 0 Å². The topological polar surface area (TPSA) is 29.5 Å². The van der Waals surface area contributed by atoms with E-state index in [1.165, 1.54) is 0 Å². The molecule has 0 aliphatic heterocycles. The van der Waals surface area contributed by atoms with E-state index in [-0.39, 0.29) is 17.1 Å². The number of hydrogen-bond donors (Lipinski definition) is 1. The minimum atomic E-state index is -0.248. The summed E-state index contributed by atoms with van der Waals surface area (Å²) in [6.45, 7) is 10.2. The molecule has 0 radical (unpaired) electrons. The Labute approximate surface area is 82.3 Å². The van der Waals surface area contributed by atoms with Gasteiger partial charge in [-0.1, -0.05) is 20.8 Å². The molecule has 0 amide bonds. The van der Waals surface area contributed by atoms with Crippen LogP contribution in [0.2, 0.25) is 0 Å². The Morgan fingerprint density at radius 2 is 1.62 bits per heavy atom. The summed E-state index contributed by atoms with van der Waals surface area (Å²) in [6, 6.07) is 0. The van der Waals surface area contributed by atoms with Gasteiger partial charge in [0, 0.05) is 7.11 Å². The molecule has 1 N–H and O–H groups in total. The molecular formula is C11H24O2. The Kier molecular flexibility index (Phi) is 4.40. The molecule has 1 atom stereocenters. The van der Waals surface area contributed by atoms with Crippen LogP contribution in [0.5, 0.6) is 0 Å². The number of rotatable bonds is 4. The zero-order chi connectivity index (χ0) is 10.7. The molecule has 0 heterocycles. The van der Waals surface area contributed by atoms with E-state index in [4.69, 9.17) is 4.74 Å². The van der Waals surface area contributed by atoms with Crippen LogP contribution in [0.1, 0.15) is 47.5 Å². The van der Waals surface area contributed by atoms with E-state index in [1.807, 2.05) is 13.8 Å². The highest BCUT2D eigenvalue weighted by molar-refractivity contribution is 4.77. The SMILES string of the molecule is COC(C)(C)CCC(O)C(C)(C)C. The first kappa shape index (κ1) is 12.9. The summed E-state index contributed by atoms with van der Waals surface area (Å²) in [5.41, 5.74) is -0.143. The summed E-state index contributed by atoms with van der Waals surface area (Å²) in [4.78, 5) is 0. The number of ether oxygens (including phenoxy) is 1. The summed E-state index contributed by atoms with van der Waals surface area (Å²) < 4.78 is 5.29. The largest absolute Gasteiger partial charge is 0.393 e. The van der Waals surface area contributed by atoms with Gasteiger partial charge in [-0.2, -0.15) is 0 Å².